The molecule has 1 heterocycles. The zero-order valence-corrected chi connectivity index (χ0v) is 17.1. The summed E-state index contributed by atoms with van der Waals surface area (Å²) in [6.45, 7) is 9.06. The van der Waals surface area contributed by atoms with Gasteiger partial charge >= 0.3 is 0 Å². The van der Waals surface area contributed by atoms with Crippen LogP contribution < -0.4 is 5.32 Å². The zero-order chi connectivity index (χ0) is 20.0. The Morgan fingerprint density at radius 3 is 2.52 bits per heavy atom. The largest absolute Gasteiger partial charge is 0.354 e. The van der Waals surface area contributed by atoms with Gasteiger partial charge in [-0.25, -0.2) is 12.7 Å². The molecule has 8 heteroatoms. The Morgan fingerprint density at radius 2 is 1.89 bits per heavy atom. The Hall–Kier alpha value is -1.93. The highest BCUT2D eigenvalue weighted by atomic mass is 32.2. The number of nitrogens with one attached hydrogen (secondary N) is 1. The maximum Gasteiger partial charge on any atom is 0.269 e. The van der Waals surface area contributed by atoms with Crippen molar-refractivity contribution in [3.63, 3.8) is 0 Å². The van der Waals surface area contributed by atoms with Crippen molar-refractivity contribution < 1.29 is 18.0 Å². The molecule has 0 unspecified atom stereocenters. The van der Waals surface area contributed by atoms with Gasteiger partial charge in [-0.2, -0.15) is 0 Å². The van der Waals surface area contributed by atoms with E-state index >= 15 is 0 Å². The number of sulfonamides is 1. The Labute approximate surface area is 161 Å². The maximum atomic E-state index is 12.5. The first kappa shape index (κ1) is 21.4. The van der Waals surface area contributed by atoms with Crippen LogP contribution in [0, 0.1) is 0 Å². The predicted octanol–water partition coefficient (Wildman–Crippen LogP) is 1.85. The molecule has 1 aromatic rings. The normalized spacial score (nSPS) is 16.4. The third-order valence-electron chi connectivity index (χ3n) is 4.87. The minimum absolute atomic E-state index is 0.0103. The average Bonchev–Trinajstić information content (AvgIpc) is 2.83. The third kappa shape index (κ3) is 5.07. The molecule has 7 nitrogen and oxygen atoms in total. The first-order valence-corrected chi connectivity index (χ1v) is 10.9. The number of benzene rings is 1. The quantitative estimate of drug-likeness (QED) is 0.653. The van der Waals surface area contributed by atoms with E-state index in [1.54, 1.807) is 12.1 Å². The van der Waals surface area contributed by atoms with Crippen LogP contribution in [0.5, 0.6) is 0 Å². The molecule has 0 aromatic heterocycles. The Balaban J connectivity index is 1.81. The predicted molar refractivity (Wildman–Crippen MR) is 104 cm³/mol. The number of nitrogens with zero attached hydrogens (tertiary/aromatic N) is 2. The van der Waals surface area contributed by atoms with Gasteiger partial charge in [-0.05, 0) is 51.5 Å². The van der Waals surface area contributed by atoms with Crippen LogP contribution in [0.15, 0.2) is 29.2 Å². The van der Waals surface area contributed by atoms with E-state index in [4.69, 9.17) is 0 Å². The van der Waals surface area contributed by atoms with E-state index < -0.39 is 15.9 Å². The van der Waals surface area contributed by atoms with Gasteiger partial charge in [0.15, 0.2) is 0 Å². The lowest BCUT2D eigenvalue weighted by Gasteiger charge is -2.20. The van der Waals surface area contributed by atoms with Gasteiger partial charge in [0.1, 0.15) is 4.90 Å². The lowest BCUT2D eigenvalue weighted by Crippen LogP contribution is -2.37. The molecule has 0 saturated carbocycles. The van der Waals surface area contributed by atoms with E-state index in [-0.39, 0.29) is 35.4 Å². The Bertz CT molecular complexity index is 775. The second-order valence-electron chi connectivity index (χ2n) is 6.77. The minimum Gasteiger partial charge on any atom is -0.354 e. The van der Waals surface area contributed by atoms with Gasteiger partial charge < -0.3 is 10.2 Å². The molecule has 1 aliphatic rings. The van der Waals surface area contributed by atoms with E-state index in [1.165, 1.54) is 12.1 Å². The van der Waals surface area contributed by atoms with Crippen molar-refractivity contribution in [2.75, 3.05) is 26.2 Å². The fraction of sp³-hybridized carbons (Fsp3) is 0.579. The highest BCUT2D eigenvalue weighted by Crippen LogP contribution is 2.29. The summed E-state index contributed by atoms with van der Waals surface area (Å²) in [4.78, 5) is 26.8. The highest BCUT2D eigenvalue weighted by Gasteiger charge is 2.40. The molecular formula is C19H29N3O4S. The summed E-state index contributed by atoms with van der Waals surface area (Å²) in [7, 11) is -3.85. The molecule has 27 heavy (non-hydrogen) atoms. The SMILES string of the molecule is CCN(CC)CCC[C@@H](C)NC(=O)CCN1C(=O)c2ccccc2S1(=O)=O. The second kappa shape index (κ2) is 9.32. The molecule has 1 aromatic carbocycles. The van der Waals surface area contributed by atoms with Crippen LogP contribution in [0.3, 0.4) is 0 Å². The number of carbonyl (C=O) groups excluding carboxylic acids is 2. The molecule has 150 valence electrons. The summed E-state index contributed by atoms with van der Waals surface area (Å²) in [6.07, 6.45) is 1.80. The van der Waals surface area contributed by atoms with E-state index in [2.05, 4.69) is 24.1 Å². The summed E-state index contributed by atoms with van der Waals surface area (Å²) in [5.74, 6) is -0.810. The number of rotatable bonds is 10. The van der Waals surface area contributed by atoms with Crippen LogP contribution >= 0.6 is 0 Å². The van der Waals surface area contributed by atoms with E-state index in [9.17, 15) is 18.0 Å². The lowest BCUT2D eigenvalue weighted by molar-refractivity contribution is -0.121. The fourth-order valence-corrected chi connectivity index (χ4v) is 4.80. The molecule has 0 radical (unpaired) electrons. The Kier molecular flexibility index (Phi) is 7.38. The number of hydrogen-bond acceptors (Lipinski definition) is 5. The number of carbonyl (C=O) groups is 2. The van der Waals surface area contributed by atoms with Crippen molar-refractivity contribution in [3.05, 3.63) is 29.8 Å². The molecule has 1 atom stereocenters. The number of fused-ring (bicyclic) bond motifs is 1. The summed E-state index contributed by atoms with van der Waals surface area (Å²) in [5, 5.41) is 2.89. The molecule has 2 rings (SSSR count). The van der Waals surface area contributed by atoms with Crippen LogP contribution in [0.25, 0.3) is 0 Å². The van der Waals surface area contributed by atoms with Crippen LogP contribution in [-0.2, 0) is 14.8 Å². The molecule has 1 aliphatic heterocycles. The van der Waals surface area contributed by atoms with E-state index in [0.29, 0.717) is 0 Å². The number of hydrogen-bond donors (Lipinski definition) is 1. The molecule has 0 bridgehead atoms. The topological polar surface area (TPSA) is 86.8 Å². The van der Waals surface area contributed by atoms with Crippen LogP contribution in [0.1, 0.15) is 50.4 Å². The van der Waals surface area contributed by atoms with Crippen LogP contribution in [0.2, 0.25) is 0 Å². The first-order chi connectivity index (χ1) is 12.8. The molecule has 0 spiro atoms. The lowest BCUT2D eigenvalue weighted by atomic mass is 10.1. The van der Waals surface area contributed by atoms with E-state index in [0.717, 1.165) is 36.8 Å². The third-order valence-corrected chi connectivity index (χ3v) is 6.71. The van der Waals surface area contributed by atoms with Crippen molar-refractivity contribution in [1.29, 1.82) is 0 Å². The van der Waals surface area contributed by atoms with Crippen molar-refractivity contribution >= 4 is 21.8 Å². The molecule has 1 N–H and O–H groups in total. The highest BCUT2D eigenvalue weighted by molar-refractivity contribution is 7.90. The summed E-state index contributed by atoms with van der Waals surface area (Å²) < 4.78 is 25.7. The first-order valence-electron chi connectivity index (χ1n) is 9.49. The monoisotopic (exact) mass is 395 g/mol. The van der Waals surface area contributed by atoms with Gasteiger partial charge in [-0.3, -0.25) is 9.59 Å². The van der Waals surface area contributed by atoms with E-state index in [1.807, 2.05) is 6.92 Å². The second-order valence-corrected chi connectivity index (χ2v) is 8.60. The van der Waals surface area contributed by atoms with Gasteiger partial charge in [0.05, 0.1) is 5.56 Å². The smallest absolute Gasteiger partial charge is 0.269 e. The fourth-order valence-electron chi connectivity index (χ4n) is 3.24. The van der Waals surface area contributed by atoms with Crippen molar-refractivity contribution in [2.24, 2.45) is 0 Å². The zero-order valence-electron chi connectivity index (χ0n) is 16.3. The maximum absolute atomic E-state index is 12.5. The Morgan fingerprint density at radius 1 is 1.22 bits per heavy atom. The summed E-state index contributed by atoms with van der Waals surface area (Å²) in [5.41, 5.74) is 0.169. The molecule has 0 aliphatic carbocycles. The molecule has 2 amide bonds. The van der Waals surface area contributed by atoms with Crippen molar-refractivity contribution in [2.45, 2.75) is 51.0 Å². The summed E-state index contributed by atoms with van der Waals surface area (Å²) >= 11 is 0. The van der Waals surface area contributed by atoms with Crippen molar-refractivity contribution in [3.8, 4) is 0 Å². The van der Waals surface area contributed by atoms with Crippen molar-refractivity contribution in [1.82, 2.24) is 14.5 Å². The van der Waals surface area contributed by atoms with Crippen LogP contribution in [0.4, 0.5) is 0 Å². The molecule has 0 fully saturated rings. The summed E-state index contributed by atoms with van der Waals surface area (Å²) in [6, 6.07) is 6.13. The minimum atomic E-state index is -3.85. The standard InChI is InChI=1S/C19H29N3O4S/c1-4-21(5-2)13-8-9-15(3)20-18(23)12-14-22-19(24)16-10-6-7-11-17(16)27(22,25)26/h6-7,10-11,15H,4-5,8-9,12-14H2,1-3H3,(H,20,23)/t15-/m1/s1. The number of amides is 2. The van der Waals surface area contributed by atoms with Gasteiger partial charge in [0, 0.05) is 19.0 Å². The van der Waals surface area contributed by atoms with Gasteiger partial charge in [0.25, 0.3) is 15.9 Å². The van der Waals surface area contributed by atoms with Gasteiger partial charge in [-0.1, -0.05) is 26.0 Å². The molecule has 0 saturated heterocycles. The van der Waals surface area contributed by atoms with Gasteiger partial charge in [-0.15, -0.1) is 0 Å². The van der Waals surface area contributed by atoms with Crippen LogP contribution in [-0.4, -0.2) is 61.7 Å². The molecular weight excluding hydrogens is 366 g/mol. The average molecular weight is 396 g/mol. The van der Waals surface area contributed by atoms with Gasteiger partial charge in [0.2, 0.25) is 5.91 Å².